The third-order valence-electron chi connectivity index (χ3n) is 12.0. The highest BCUT2D eigenvalue weighted by Gasteiger charge is 2.62. The molecule has 4 fully saturated rings. The first kappa shape index (κ1) is 43.1. The number of carboxylic acids is 1. The largest absolute Gasteiger partial charge is 0.490 e. The maximum Gasteiger partial charge on any atom is 0.490 e. The van der Waals surface area contributed by atoms with Crippen LogP contribution in [0.2, 0.25) is 0 Å². The number of ether oxygens (including phenoxy) is 1. The van der Waals surface area contributed by atoms with Gasteiger partial charge in [-0.15, -0.1) is 6.58 Å². The van der Waals surface area contributed by atoms with E-state index in [1.165, 1.54) is 4.90 Å². The molecular formula is C40H52F3N5O9S. The third-order valence-corrected chi connectivity index (χ3v) is 13.9. The summed E-state index contributed by atoms with van der Waals surface area (Å²) in [6, 6.07) is 4.62. The lowest BCUT2D eigenvalue weighted by Gasteiger charge is -2.33. The normalized spacial score (nSPS) is 29.8. The molecule has 58 heavy (non-hydrogen) atoms. The Labute approximate surface area is 336 Å². The molecule has 14 nitrogen and oxygen atoms in total. The summed E-state index contributed by atoms with van der Waals surface area (Å²) in [5, 5.41) is 13.0. The first-order chi connectivity index (χ1) is 27.4. The van der Waals surface area contributed by atoms with Gasteiger partial charge in [0.2, 0.25) is 21.8 Å². The van der Waals surface area contributed by atoms with E-state index >= 15 is 0 Å². The molecule has 3 aliphatic carbocycles. The molecule has 0 unspecified atom stereocenters. The van der Waals surface area contributed by atoms with Gasteiger partial charge in [0.15, 0.2) is 0 Å². The second-order valence-electron chi connectivity index (χ2n) is 16.4. The van der Waals surface area contributed by atoms with Gasteiger partial charge in [-0.3, -0.25) is 24.0 Å². The molecule has 6 aliphatic rings. The molecule has 4 amide bonds. The molecule has 1 aromatic carbocycles. The number of amides is 4. The third kappa shape index (κ3) is 9.87. The van der Waals surface area contributed by atoms with Crippen LogP contribution in [0.5, 0.6) is 0 Å². The lowest BCUT2D eigenvalue weighted by molar-refractivity contribution is -0.192. The number of carbonyl (C=O) groups is 5. The minimum atomic E-state index is -5.08. The number of carbonyl (C=O) groups excluding carboxylic acids is 4. The monoisotopic (exact) mass is 835 g/mol. The van der Waals surface area contributed by atoms with Crippen LogP contribution in [0.1, 0.15) is 101 Å². The predicted molar refractivity (Wildman–Crippen MR) is 205 cm³/mol. The van der Waals surface area contributed by atoms with E-state index in [1.54, 1.807) is 11.0 Å². The highest BCUT2D eigenvalue weighted by molar-refractivity contribution is 7.91. The summed E-state index contributed by atoms with van der Waals surface area (Å²) in [6.45, 7) is 6.76. The fraction of sp³-hybridized carbons (Fsp3) is 0.625. The van der Waals surface area contributed by atoms with Gasteiger partial charge in [0.05, 0.1) is 24.4 Å². The number of halogens is 3. The molecule has 0 radical (unpaired) electrons. The zero-order valence-corrected chi connectivity index (χ0v) is 33.3. The van der Waals surface area contributed by atoms with Gasteiger partial charge in [-0.1, -0.05) is 55.7 Å². The number of allylic oxidation sites excluding steroid dienone is 1. The molecule has 3 saturated carbocycles. The van der Waals surface area contributed by atoms with Crippen LogP contribution in [0.25, 0.3) is 6.08 Å². The van der Waals surface area contributed by atoms with Gasteiger partial charge in [-0.25, -0.2) is 18.0 Å². The van der Waals surface area contributed by atoms with Gasteiger partial charge in [0.1, 0.15) is 17.7 Å². The van der Waals surface area contributed by atoms with Crippen molar-refractivity contribution in [3.8, 4) is 0 Å². The summed E-state index contributed by atoms with van der Waals surface area (Å²) in [7, 11) is -3.85. The van der Waals surface area contributed by atoms with Crippen molar-refractivity contribution in [2.45, 2.75) is 138 Å². The fourth-order valence-corrected chi connectivity index (χ4v) is 9.90. The van der Waals surface area contributed by atoms with Gasteiger partial charge in [0, 0.05) is 24.9 Å². The van der Waals surface area contributed by atoms with Crippen molar-refractivity contribution in [2.24, 2.45) is 11.8 Å². The number of carboxylic acid groups (broad SMARTS) is 1. The quantitative estimate of drug-likeness (QED) is 0.284. The van der Waals surface area contributed by atoms with Crippen molar-refractivity contribution in [3.05, 3.63) is 53.6 Å². The zero-order valence-electron chi connectivity index (χ0n) is 32.5. The second-order valence-corrected chi connectivity index (χ2v) is 18.3. The number of nitrogens with one attached hydrogen (secondary N) is 3. The van der Waals surface area contributed by atoms with Crippen molar-refractivity contribution in [2.75, 3.05) is 6.54 Å². The van der Waals surface area contributed by atoms with Crippen LogP contribution >= 0.6 is 0 Å². The van der Waals surface area contributed by atoms with Crippen molar-refractivity contribution >= 4 is 45.9 Å². The van der Waals surface area contributed by atoms with Gasteiger partial charge in [0.25, 0.3) is 5.91 Å². The molecular weight excluding hydrogens is 784 g/mol. The molecule has 1 aromatic rings. The number of alkyl halides is 3. The summed E-state index contributed by atoms with van der Waals surface area (Å²) in [4.78, 5) is 68.1. The molecule has 0 aromatic heterocycles. The molecule has 7 rings (SSSR count). The van der Waals surface area contributed by atoms with E-state index in [9.17, 15) is 40.8 Å². The highest BCUT2D eigenvalue weighted by Crippen LogP contribution is 2.45. The number of hydrogen-bond acceptors (Lipinski definition) is 9. The lowest BCUT2D eigenvalue weighted by Crippen LogP contribution is -2.59. The highest BCUT2D eigenvalue weighted by atomic mass is 32.2. The number of benzene rings is 1. The van der Waals surface area contributed by atoms with Crippen LogP contribution in [0.3, 0.4) is 0 Å². The van der Waals surface area contributed by atoms with Gasteiger partial charge in [-0.05, 0) is 80.9 Å². The van der Waals surface area contributed by atoms with Crippen LogP contribution in [-0.4, -0.2) is 101 Å². The lowest BCUT2D eigenvalue weighted by atomic mass is 9.94. The second kappa shape index (κ2) is 17.4. The van der Waals surface area contributed by atoms with Gasteiger partial charge >= 0.3 is 18.2 Å². The Morgan fingerprint density at radius 2 is 1.74 bits per heavy atom. The van der Waals surface area contributed by atoms with Crippen LogP contribution < -0.4 is 15.4 Å². The van der Waals surface area contributed by atoms with Crippen molar-refractivity contribution in [1.29, 1.82) is 0 Å². The van der Waals surface area contributed by atoms with E-state index < -0.39 is 75.0 Å². The fourth-order valence-electron chi connectivity index (χ4n) is 8.54. The van der Waals surface area contributed by atoms with Crippen LogP contribution in [-0.2, 0) is 47.0 Å². The number of nitrogens with zero attached hydrogens (tertiary/aromatic N) is 2. The Morgan fingerprint density at radius 3 is 2.38 bits per heavy atom. The Balaban J connectivity index is 0.000000743. The molecule has 6 atom stereocenters. The summed E-state index contributed by atoms with van der Waals surface area (Å²) < 4.78 is 65.4. The molecule has 318 valence electrons. The number of sulfonamides is 1. The van der Waals surface area contributed by atoms with Crippen molar-refractivity contribution < 1.29 is 55.4 Å². The Hall–Kier alpha value is -4.45. The SMILES string of the molecule is C=C[C@@H]1C[C@]1(NC(=O)[C@@H]1C[C@@H]2CN1C(=O)[C@@H](C1CCCC1)N[C@H](C)CCCC/C=C/c1cccc3c1CN(C3)C(=O)O2)C(=O)NS(=O)(=O)C1CC1.O=C(O)C(F)(F)F. The molecule has 3 heterocycles. The maximum absolute atomic E-state index is 14.7. The average Bonchev–Trinajstić information content (AvgIpc) is 3.95. The minimum absolute atomic E-state index is 0.0386. The smallest absolute Gasteiger partial charge is 0.475 e. The number of aliphatic carboxylic acids is 1. The van der Waals surface area contributed by atoms with Crippen LogP contribution in [0, 0.1) is 11.8 Å². The molecule has 18 heteroatoms. The molecule has 1 saturated heterocycles. The van der Waals surface area contributed by atoms with Crippen molar-refractivity contribution in [1.82, 2.24) is 25.2 Å². The molecule has 4 N–H and O–H groups in total. The topological polar surface area (TPSA) is 192 Å². The summed E-state index contributed by atoms with van der Waals surface area (Å²) >= 11 is 0. The predicted octanol–water partition coefficient (Wildman–Crippen LogP) is 4.54. The molecule has 0 spiro atoms. The van der Waals surface area contributed by atoms with E-state index in [1.807, 2.05) is 12.1 Å². The first-order valence-corrected chi connectivity index (χ1v) is 21.6. The van der Waals surface area contributed by atoms with E-state index in [0.29, 0.717) is 25.9 Å². The standard InChI is InChI=1S/C38H51N5O7S.C2HF3O2/c1-3-28-20-38(28,36(46)41-51(48,49)30-17-18-30)40-34(44)32-19-29-22-43(32)35(45)33(26-13-8-9-14-26)39-24(2)11-6-4-5-7-12-25-15-10-16-27-21-42(23-31(25)27)37(47)50-29;3-2(4,5)1(6)7/h3,7,10,12,15-16,24,26,28-30,32-33,39H,1,4-6,8-9,11,13-14,17-23H2,2H3,(H,40,44)(H,41,46);(H,6,7)/b12-7+;/t24-,28-,29-,32+,33-,38-;/m1./s1. The van der Waals surface area contributed by atoms with Gasteiger partial charge in [-0.2, -0.15) is 13.2 Å². The number of fused-ring (bicyclic) bond motifs is 3. The Morgan fingerprint density at radius 1 is 1.05 bits per heavy atom. The summed E-state index contributed by atoms with van der Waals surface area (Å²) in [6.07, 6.45) is 8.48. The van der Waals surface area contributed by atoms with E-state index in [4.69, 9.17) is 14.6 Å². The summed E-state index contributed by atoms with van der Waals surface area (Å²) in [5.41, 5.74) is 1.76. The Bertz CT molecular complexity index is 1920. The Kier molecular flexibility index (Phi) is 13.0. The molecule has 4 bridgehead atoms. The number of rotatable bonds is 7. The van der Waals surface area contributed by atoms with Gasteiger partial charge < -0.3 is 25.4 Å². The van der Waals surface area contributed by atoms with Crippen molar-refractivity contribution in [3.63, 3.8) is 0 Å². The van der Waals surface area contributed by atoms with E-state index in [0.717, 1.165) is 68.1 Å². The average molecular weight is 836 g/mol. The zero-order chi connectivity index (χ0) is 42.0. The number of hydrogen-bond donors (Lipinski definition) is 4. The van der Waals surface area contributed by atoms with E-state index in [2.05, 4.69) is 47.1 Å². The van der Waals surface area contributed by atoms with Crippen LogP contribution in [0.15, 0.2) is 36.9 Å². The van der Waals surface area contributed by atoms with Crippen LogP contribution in [0.4, 0.5) is 18.0 Å². The van der Waals surface area contributed by atoms with E-state index in [-0.39, 0.29) is 37.3 Å². The molecule has 3 aliphatic heterocycles. The maximum atomic E-state index is 14.7. The first-order valence-electron chi connectivity index (χ1n) is 20.0. The minimum Gasteiger partial charge on any atom is -0.475 e. The summed E-state index contributed by atoms with van der Waals surface area (Å²) in [5.74, 6) is -4.69.